The smallest absolute Gasteiger partial charge is 0.151 e. The predicted octanol–water partition coefficient (Wildman–Crippen LogP) is 2.38. The van der Waals surface area contributed by atoms with E-state index in [0.717, 1.165) is 24.8 Å². The quantitative estimate of drug-likeness (QED) is 0.940. The van der Waals surface area contributed by atoms with Crippen molar-refractivity contribution in [2.45, 2.75) is 43.7 Å². The number of hydrogen-bond donors (Lipinski definition) is 1. The summed E-state index contributed by atoms with van der Waals surface area (Å²) in [5.74, 6) is 1.72. The molecule has 3 heterocycles. The first-order valence-electron chi connectivity index (χ1n) is 8.57. The summed E-state index contributed by atoms with van der Waals surface area (Å²) in [6, 6.07) is 9.64. The number of pyridine rings is 1. The molecule has 120 valence electrons. The van der Waals surface area contributed by atoms with Crippen molar-refractivity contribution in [1.29, 1.82) is 0 Å². The standard InChI is InChI=1S/C18H23N5/c1-2-18(22-20-7-1)23-10-5-16(6-11-23)21-17-12-15(13-17)14-3-8-19-9-4-14/h1-4,7-9,15-17,21H,5-6,10-13H2. The van der Waals surface area contributed by atoms with Gasteiger partial charge in [0.05, 0.1) is 0 Å². The molecule has 0 radical (unpaired) electrons. The second kappa shape index (κ2) is 6.62. The van der Waals surface area contributed by atoms with E-state index < -0.39 is 0 Å². The van der Waals surface area contributed by atoms with Gasteiger partial charge in [-0.3, -0.25) is 4.98 Å². The fourth-order valence-electron chi connectivity index (χ4n) is 3.73. The van der Waals surface area contributed by atoms with Crippen molar-refractivity contribution in [3.05, 3.63) is 48.4 Å². The van der Waals surface area contributed by atoms with Gasteiger partial charge in [0.15, 0.2) is 5.82 Å². The molecule has 23 heavy (non-hydrogen) atoms. The van der Waals surface area contributed by atoms with Crippen LogP contribution in [0.5, 0.6) is 0 Å². The van der Waals surface area contributed by atoms with Gasteiger partial charge >= 0.3 is 0 Å². The molecule has 1 aliphatic carbocycles. The Morgan fingerprint density at radius 3 is 2.43 bits per heavy atom. The molecule has 1 N–H and O–H groups in total. The Kier molecular flexibility index (Phi) is 4.20. The van der Waals surface area contributed by atoms with Gasteiger partial charge in [-0.05, 0) is 61.4 Å². The van der Waals surface area contributed by atoms with E-state index in [4.69, 9.17) is 0 Å². The molecule has 1 saturated carbocycles. The monoisotopic (exact) mass is 309 g/mol. The number of nitrogens with zero attached hydrogens (tertiary/aromatic N) is 4. The summed E-state index contributed by atoms with van der Waals surface area (Å²) in [5, 5.41) is 12.0. The summed E-state index contributed by atoms with van der Waals surface area (Å²) in [6.45, 7) is 2.13. The van der Waals surface area contributed by atoms with E-state index >= 15 is 0 Å². The highest BCUT2D eigenvalue weighted by Crippen LogP contribution is 2.37. The lowest BCUT2D eigenvalue weighted by molar-refractivity contribution is 0.247. The minimum atomic E-state index is 0.645. The Labute approximate surface area is 137 Å². The third-order valence-corrected chi connectivity index (χ3v) is 5.16. The Morgan fingerprint density at radius 2 is 1.74 bits per heavy atom. The maximum Gasteiger partial charge on any atom is 0.151 e. The van der Waals surface area contributed by atoms with Crippen LogP contribution < -0.4 is 10.2 Å². The van der Waals surface area contributed by atoms with Crippen LogP contribution in [0.1, 0.15) is 37.2 Å². The molecule has 2 aliphatic rings. The molecule has 1 saturated heterocycles. The van der Waals surface area contributed by atoms with Gasteiger partial charge in [-0.1, -0.05) is 0 Å². The first-order valence-corrected chi connectivity index (χ1v) is 8.57. The highest BCUT2D eigenvalue weighted by atomic mass is 15.3. The van der Waals surface area contributed by atoms with Crippen LogP contribution in [-0.2, 0) is 0 Å². The first kappa shape index (κ1) is 14.6. The van der Waals surface area contributed by atoms with Gasteiger partial charge in [0.1, 0.15) is 0 Å². The maximum absolute atomic E-state index is 4.21. The van der Waals surface area contributed by atoms with E-state index in [9.17, 15) is 0 Å². The molecule has 5 heteroatoms. The number of rotatable bonds is 4. The number of aromatic nitrogens is 3. The van der Waals surface area contributed by atoms with Gasteiger partial charge in [-0.2, -0.15) is 5.10 Å². The highest BCUT2D eigenvalue weighted by molar-refractivity contribution is 5.36. The van der Waals surface area contributed by atoms with E-state index in [1.54, 1.807) is 6.20 Å². The SMILES string of the molecule is c1cnnc(N2CCC(NC3CC(c4ccncc4)C3)CC2)c1. The Bertz CT molecular complexity index is 604. The molecular weight excluding hydrogens is 286 g/mol. The van der Waals surface area contributed by atoms with Gasteiger partial charge in [-0.25, -0.2) is 0 Å². The zero-order chi connectivity index (χ0) is 15.5. The lowest BCUT2D eigenvalue weighted by atomic mass is 9.75. The van der Waals surface area contributed by atoms with Crippen molar-refractivity contribution >= 4 is 5.82 Å². The average Bonchev–Trinajstić information content (AvgIpc) is 2.60. The van der Waals surface area contributed by atoms with E-state index in [2.05, 4.69) is 37.5 Å². The van der Waals surface area contributed by atoms with E-state index in [0.29, 0.717) is 12.1 Å². The summed E-state index contributed by atoms with van der Waals surface area (Å²) in [6.07, 6.45) is 10.4. The van der Waals surface area contributed by atoms with E-state index in [1.165, 1.54) is 31.2 Å². The van der Waals surface area contributed by atoms with Gasteiger partial charge in [-0.15, -0.1) is 5.10 Å². The lowest BCUT2D eigenvalue weighted by Gasteiger charge is -2.41. The van der Waals surface area contributed by atoms with Crippen LogP contribution in [-0.4, -0.2) is 40.4 Å². The first-order chi connectivity index (χ1) is 11.4. The molecule has 2 fully saturated rings. The molecule has 0 amide bonds. The van der Waals surface area contributed by atoms with Crippen LogP contribution in [0.2, 0.25) is 0 Å². The normalized spacial score (nSPS) is 25.1. The van der Waals surface area contributed by atoms with Crippen molar-refractivity contribution < 1.29 is 0 Å². The molecule has 5 nitrogen and oxygen atoms in total. The zero-order valence-electron chi connectivity index (χ0n) is 13.3. The fourth-order valence-corrected chi connectivity index (χ4v) is 3.73. The minimum absolute atomic E-state index is 0.645. The molecule has 2 aromatic heterocycles. The van der Waals surface area contributed by atoms with E-state index in [-0.39, 0.29) is 0 Å². The summed E-state index contributed by atoms with van der Waals surface area (Å²) < 4.78 is 0. The van der Waals surface area contributed by atoms with Crippen LogP contribution in [0.4, 0.5) is 5.82 Å². The zero-order valence-corrected chi connectivity index (χ0v) is 13.3. The van der Waals surface area contributed by atoms with Crippen LogP contribution in [0.15, 0.2) is 42.9 Å². The molecule has 2 aromatic rings. The van der Waals surface area contributed by atoms with Crippen molar-refractivity contribution in [1.82, 2.24) is 20.5 Å². The molecule has 0 spiro atoms. The van der Waals surface area contributed by atoms with Gasteiger partial charge in [0, 0.05) is 43.8 Å². The average molecular weight is 309 g/mol. The summed E-state index contributed by atoms with van der Waals surface area (Å²) >= 11 is 0. The van der Waals surface area contributed by atoms with Crippen LogP contribution in [0.3, 0.4) is 0 Å². The lowest BCUT2D eigenvalue weighted by Crippen LogP contribution is -2.50. The highest BCUT2D eigenvalue weighted by Gasteiger charge is 2.32. The van der Waals surface area contributed by atoms with Crippen LogP contribution in [0, 0.1) is 0 Å². The molecule has 0 unspecified atom stereocenters. The maximum atomic E-state index is 4.21. The third-order valence-electron chi connectivity index (χ3n) is 5.16. The second-order valence-electron chi connectivity index (χ2n) is 6.66. The minimum Gasteiger partial charge on any atom is -0.355 e. The number of hydrogen-bond acceptors (Lipinski definition) is 5. The van der Waals surface area contributed by atoms with Crippen molar-refractivity contribution in [3.8, 4) is 0 Å². The molecule has 0 bridgehead atoms. The van der Waals surface area contributed by atoms with Crippen molar-refractivity contribution in [3.63, 3.8) is 0 Å². The molecule has 0 aromatic carbocycles. The van der Waals surface area contributed by atoms with Gasteiger partial charge in [0.25, 0.3) is 0 Å². The second-order valence-corrected chi connectivity index (χ2v) is 6.66. The Balaban J connectivity index is 1.22. The summed E-state index contributed by atoms with van der Waals surface area (Å²) in [7, 11) is 0. The Morgan fingerprint density at radius 1 is 0.957 bits per heavy atom. The summed E-state index contributed by atoms with van der Waals surface area (Å²) in [5.41, 5.74) is 1.44. The molecule has 1 aliphatic heterocycles. The van der Waals surface area contributed by atoms with E-state index in [1.807, 2.05) is 24.5 Å². The molecule has 0 atom stereocenters. The van der Waals surface area contributed by atoms with Crippen molar-refractivity contribution in [2.24, 2.45) is 0 Å². The third kappa shape index (κ3) is 3.34. The van der Waals surface area contributed by atoms with Crippen molar-refractivity contribution in [2.75, 3.05) is 18.0 Å². The molecular formula is C18H23N5. The summed E-state index contributed by atoms with van der Waals surface area (Å²) in [4.78, 5) is 6.44. The number of piperidine rings is 1. The number of nitrogens with one attached hydrogen (secondary N) is 1. The van der Waals surface area contributed by atoms with Crippen LogP contribution >= 0.6 is 0 Å². The van der Waals surface area contributed by atoms with Crippen LogP contribution in [0.25, 0.3) is 0 Å². The topological polar surface area (TPSA) is 53.9 Å². The number of anilines is 1. The fraction of sp³-hybridized carbons (Fsp3) is 0.500. The Hall–Kier alpha value is -2.01. The van der Waals surface area contributed by atoms with Gasteiger partial charge in [0.2, 0.25) is 0 Å². The largest absolute Gasteiger partial charge is 0.355 e. The molecule has 4 rings (SSSR count). The van der Waals surface area contributed by atoms with Gasteiger partial charge < -0.3 is 10.2 Å². The predicted molar refractivity (Wildman–Crippen MR) is 90.4 cm³/mol.